The van der Waals surface area contributed by atoms with Gasteiger partial charge in [-0.05, 0) is 67.3 Å². The summed E-state index contributed by atoms with van der Waals surface area (Å²) in [5, 5.41) is 2.89. The van der Waals surface area contributed by atoms with Crippen molar-refractivity contribution in [1.82, 2.24) is 10.2 Å². The van der Waals surface area contributed by atoms with Crippen LogP contribution >= 0.6 is 0 Å². The number of aryl methyl sites for hydroxylation is 1. The molecule has 0 unspecified atom stereocenters. The van der Waals surface area contributed by atoms with Crippen LogP contribution in [0.15, 0.2) is 83.8 Å². The van der Waals surface area contributed by atoms with Gasteiger partial charge in [0.05, 0.1) is 10.6 Å². The van der Waals surface area contributed by atoms with Crippen molar-refractivity contribution in [3.8, 4) is 0 Å². The second-order valence-corrected chi connectivity index (χ2v) is 11.2. The largest absolute Gasteiger partial charge is 0.354 e. The molecule has 0 aliphatic rings. The Morgan fingerprint density at radius 1 is 0.949 bits per heavy atom. The number of rotatable bonds is 13. The first-order valence-corrected chi connectivity index (χ1v) is 14.6. The molecule has 0 saturated heterocycles. The maximum absolute atomic E-state index is 14.0. The van der Waals surface area contributed by atoms with Gasteiger partial charge >= 0.3 is 0 Å². The lowest BCUT2D eigenvalue weighted by Gasteiger charge is -2.33. The van der Waals surface area contributed by atoms with E-state index in [2.05, 4.69) is 5.32 Å². The molecule has 1 atom stereocenters. The first kappa shape index (κ1) is 29.8. The topological polar surface area (TPSA) is 86.8 Å². The highest BCUT2D eigenvalue weighted by Crippen LogP contribution is 2.25. The Bertz CT molecular complexity index is 1350. The van der Waals surface area contributed by atoms with Crippen molar-refractivity contribution in [2.75, 3.05) is 17.4 Å². The van der Waals surface area contributed by atoms with Crippen LogP contribution in [0.1, 0.15) is 44.2 Å². The first-order valence-electron chi connectivity index (χ1n) is 13.1. The lowest BCUT2D eigenvalue weighted by molar-refractivity contribution is -0.140. The predicted molar refractivity (Wildman–Crippen MR) is 151 cm³/mol. The summed E-state index contributed by atoms with van der Waals surface area (Å²) in [5.41, 5.74) is 1.80. The molecule has 0 saturated carbocycles. The number of carbonyl (C=O) groups excluding carboxylic acids is 2. The highest BCUT2D eigenvalue weighted by molar-refractivity contribution is 7.92. The Morgan fingerprint density at radius 2 is 1.64 bits per heavy atom. The quantitative estimate of drug-likeness (QED) is 0.300. The smallest absolute Gasteiger partial charge is 0.264 e. The predicted octanol–water partition coefficient (Wildman–Crippen LogP) is 5.05. The van der Waals surface area contributed by atoms with Crippen LogP contribution in [0.3, 0.4) is 0 Å². The number of sulfonamides is 1. The van der Waals surface area contributed by atoms with Crippen molar-refractivity contribution >= 4 is 27.5 Å². The van der Waals surface area contributed by atoms with Crippen LogP contribution in [0.2, 0.25) is 0 Å². The van der Waals surface area contributed by atoms with E-state index in [4.69, 9.17) is 0 Å². The normalized spacial score (nSPS) is 12.0. The van der Waals surface area contributed by atoms with Crippen molar-refractivity contribution in [3.63, 3.8) is 0 Å². The average molecular weight is 554 g/mol. The maximum atomic E-state index is 14.0. The van der Waals surface area contributed by atoms with E-state index < -0.39 is 34.3 Å². The fraction of sp³-hybridized carbons (Fsp3) is 0.333. The third-order valence-electron chi connectivity index (χ3n) is 6.38. The third kappa shape index (κ3) is 7.89. The fourth-order valence-corrected chi connectivity index (χ4v) is 5.67. The molecule has 0 heterocycles. The van der Waals surface area contributed by atoms with Gasteiger partial charge in [0.25, 0.3) is 10.0 Å². The van der Waals surface area contributed by atoms with E-state index in [1.165, 1.54) is 29.2 Å². The van der Waals surface area contributed by atoms with Gasteiger partial charge in [0.1, 0.15) is 18.4 Å². The van der Waals surface area contributed by atoms with Gasteiger partial charge in [0, 0.05) is 13.1 Å². The number of unbranched alkanes of at least 4 members (excludes halogenated alkanes) is 1. The number of nitrogens with one attached hydrogen (secondary N) is 1. The summed E-state index contributed by atoms with van der Waals surface area (Å²) in [4.78, 5) is 28.6. The molecule has 3 rings (SSSR count). The summed E-state index contributed by atoms with van der Waals surface area (Å²) in [5.74, 6) is -1.27. The molecule has 1 N–H and O–H groups in total. The van der Waals surface area contributed by atoms with Gasteiger partial charge < -0.3 is 10.2 Å². The Labute approximate surface area is 230 Å². The van der Waals surface area contributed by atoms with Gasteiger partial charge in [-0.3, -0.25) is 13.9 Å². The van der Waals surface area contributed by atoms with Gasteiger partial charge in [0.15, 0.2) is 0 Å². The molecule has 39 heavy (non-hydrogen) atoms. The summed E-state index contributed by atoms with van der Waals surface area (Å²) in [6.07, 6.45) is 2.02. The molecular formula is C30H36FN3O4S. The van der Waals surface area contributed by atoms with Crippen LogP contribution in [0.25, 0.3) is 0 Å². The molecule has 208 valence electrons. The second kappa shape index (κ2) is 13.9. The first-order chi connectivity index (χ1) is 18.7. The number of hydrogen-bond acceptors (Lipinski definition) is 4. The number of hydrogen-bond donors (Lipinski definition) is 1. The van der Waals surface area contributed by atoms with E-state index in [1.807, 2.05) is 19.9 Å². The summed E-state index contributed by atoms with van der Waals surface area (Å²) < 4.78 is 42.2. The van der Waals surface area contributed by atoms with E-state index in [1.54, 1.807) is 55.5 Å². The highest BCUT2D eigenvalue weighted by atomic mass is 32.2. The molecule has 0 aliphatic carbocycles. The van der Waals surface area contributed by atoms with Gasteiger partial charge in [0.2, 0.25) is 11.8 Å². The molecule has 0 aliphatic heterocycles. The van der Waals surface area contributed by atoms with Crippen molar-refractivity contribution in [1.29, 1.82) is 0 Å². The highest BCUT2D eigenvalue weighted by Gasteiger charge is 2.33. The lowest BCUT2D eigenvalue weighted by Crippen LogP contribution is -2.52. The summed E-state index contributed by atoms with van der Waals surface area (Å²) >= 11 is 0. The number of nitrogens with zero attached hydrogens (tertiary/aromatic N) is 2. The summed E-state index contributed by atoms with van der Waals surface area (Å²) in [7, 11) is -4.11. The number of carbonyl (C=O) groups is 2. The molecule has 9 heteroatoms. The van der Waals surface area contributed by atoms with E-state index in [0.717, 1.165) is 22.7 Å². The number of amides is 2. The van der Waals surface area contributed by atoms with E-state index in [-0.39, 0.29) is 17.3 Å². The zero-order chi connectivity index (χ0) is 28.4. The van der Waals surface area contributed by atoms with Crippen LogP contribution in [0, 0.1) is 12.7 Å². The van der Waals surface area contributed by atoms with Crippen molar-refractivity contribution in [2.45, 2.75) is 57.5 Å². The maximum Gasteiger partial charge on any atom is 0.264 e. The molecule has 2 amide bonds. The average Bonchev–Trinajstić information content (AvgIpc) is 2.93. The number of benzene rings is 3. The van der Waals surface area contributed by atoms with Crippen molar-refractivity contribution in [3.05, 3.63) is 95.8 Å². The van der Waals surface area contributed by atoms with Gasteiger partial charge in [-0.15, -0.1) is 0 Å². The molecule has 7 nitrogen and oxygen atoms in total. The van der Waals surface area contributed by atoms with E-state index >= 15 is 0 Å². The van der Waals surface area contributed by atoms with Gasteiger partial charge in [-0.25, -0.2) is 12.8 Å². The molecule has 0 radical (unpaired) electrons. The lowest BCUT2D eigenvalue weighted by atomic mass is 10.1. The van der Waals surface area contributed by atoms with Gasteiger partial charge in [-0.2, -0.15) is 0 Å². The fourth-order valence-electron chi connectivity index (χ4n) is 4.24. The van der Waals surface area contributed by atoms with Crippen molar-refractivity contribution < 1.29 is 22.4 Å². The van der Waals surface area contributed by atoms with Crippen molar-refractivity contribution in [2.24, 2.45) is 0 Å². The molecule has 3 aromatic carbocycles. The van der Waals surface area contributed by atoms with E-state index in [9.17, 15) is 22.4 Å². The van der Waals surface area contributed by atoms with Crippen LogP contribution in [-0.2, 0) is 26.2 Å². The minimum Gasteiger partial charge on any atom is -0.354 e. The molecule has 0 aromatic heterocycles. The Hall–Kier alpha value is -3.72. The minimum absolute atomic E-state index is 0.0197. The van der Waals surface area contributed by atoms with Crippen LogP contribution in [0.5, 0.6) is 0 Å². The SMILES string of the molecule is CCCCNC(=O)[C@H](CC)N(Cc1ccc(F)cc1)C(=O)CN(c1cccc(C)c1)S(=O)(=O)c1ccccc1. The van der Waals surface area contributed by atoms with Crippen LogP contribution < -0.4 is 9.62 Å². The molecule has 0 bridgehead atoms. The zero-order valence-electron chi connectivity index (χ0n) is 22.6. The monoisotopic (exact) mass is 553 g/mol. The van der Waals surface area contributed by atoms with Crippen LogP contribution in [-0.4, -0.2) is 44.3 Å². The minimum atomic E-state index is -4.11. The summed E-state index contributed by atoms with van der Waals surface area (Å²) in [6.45, 7) is 5.64. The third-order valence-corrected chi connectivity index (χ3v) is 8.17. The number of halogens is 1. The molecule has 0 fully saturated rings. The standard InChI is InChI=1S/C30H36FN3O4S/c1-4-6-19-32-30(36)28(5-2)33(21-24-15-17-25(31)18-16-24)29(35)22-34(26-12-10-11-23(3)20-26)39(37,38)27-13-8-7-9-14-27/h7-18,20,28H,4-6,19,21-22H2,1-3H3,(H,32,36)/t28-/m0/s1. The van der Waals surface area contributed by atoms with Crippen LogP contribution in [0.4, 0.5) is 10.1 Å². The summed E-state index contributed by atoms with van der Waals surface area (Å²) in [6, 6.07) is 19.7. The number of anilines is 1. The Balaban J connectivity index is 2.02. The zero-order valence-corrected chi connectivity index (χ0v) is 23.5. The molecular weight excluding hydrogens is 517 g/mol. The molecule has 3 aromatic rings. The Kier molecular flexibility index (Phi) is 10.6. The molecule has 0 spiro atoms. The Morgan fingerprint density at radius 3 is 2.26 bits per heavy atom. The second-order valence-electron chi connectivity index (χ2n) is 9.38. The van der Waals surface area contributed by atoms with Gasteiger partial charge in [-0.1, -0.05) is 62.7 Å². The van der Waals surface area contributed by atoms with E-state index in [0.29, 0.717) is 24.2 Å².